The Hall–Kier alpha value is -2.10. The van der Waals surface area contributed by atoms with Gasteiger partial charge in [-0.15, -0.1) is 11.8 Å². The fourth-order valence-corrected chi connectivity index (χ4v) is 4.15. The third-order valence-electron chi connectivity index (χ3n) is 4.49. The van der Waals surface area contributed by atoms with Gasteiger partial charge in [0.25, 0.3) is 0 Å². The third kappa shape index (κ3) is 5.00. The minimum Gasteiger partial charge on any atom is -0.326 e. The van der Waals surface area contributed by atoms with Crippen molar-refractivity contribution < 1.29 is 9.18 Å². The summed E-state index contributed by atoms with van der Waals surface area (Å²) in [6, 6.07) is 8.21. The molecule has 1 aliphatic carbocycles. The maximum atomic E-state index is 13.2. The maximum absolute atomic E-state index is 13.2. The first-order chi connectivity index (χ1) is 13.0. The number of nitriles is 1. The van der Waals surface area contributed by atoms with Crippen LogP contribution in [0.5, 0.6) is 0 Å². The van der Waals surface area contributed by atoms with Crippen molar-refractivity contribution in [2.45, 2.75) is 37.6 Å². The largest absolute Gasteiger partial charge is 0.326 e. The van der Waals surface area contributed by atoms with Crippen LogP contribution in [0.1, 0.15) is 36.6 Å². The van der Waals surface area contributed by atoms with Gasteiger partial charge in [0.05, 0.1) is 10.6 Å². The minimum absolute atomic E-state index is 0.0339. The highest BCUT2D eigenvalue weighted by molar-refractivity contribution is 7.99. The smallest absolute Gasteiger partial charge is 0.225 e. The molecule has 0 radical (unpaired) electrons. The van der Waals surface area contributed by atoms with Gasteiger partial charge in [-0.05, 0) is 55.0 Å². The number of fused-ring (bicyclic) bond motifs is 1. The number of hydrogen-bond acceptors (Lipinski definition) is 4. The van der Waals surface area contributed by atoms with E-state index in [0.717, 1.165) is 25.0 Å². The van der Waals surface area contributed by atoms with E-state index in [1.165, 1.54) is 35.5 Å². The van der Waals surface area contributed by atoms with Crippen LogP contribution in [0.2, 0.25) is 5.02 Å². The summed E-state index contributed by atoms with van der Waals surface area (Å²) in [4.78, 5) is 16.7. The van der Waals surface area contributed by atoms with Crippen molar-refractivity contribution in [1.29, 1.82) is 5.26 Å². The van der Waals surface area contributed by atoms with Gasteiger partial charge < -0.3 is 5.32 Å². The molecule has 27 heavy (non-hydrogen) atoms. The van der Waals surface area contributed by atoms with E-state index in [1.54, 1.807) is 0 Å². The Labute approximate surface area is 167 Å². The summed E-state index contributed by atoms with van der Waals surface area (Å²) in [6.45, 7) is 2.21. The van der Waals surface area contributed by atoms with E-state index in [0.29, 0.717) is 27.9 Å². The van der Waals surface area contributed by atoms with Gasteiger partial charge in [-0.1, -0.05) is 18.5 Å². The second kappa shape index (κ2) is 8.73. The number of benzene rings is 1. The molecule has 2 aromatic rings. The Kier molecular flexibility index (Phi) is 6.35. The molecule has 3 rings (SSSR count). The molecule has 0 fully saturated rings. The normalized spacial score (nSPS) is 15.7. The maximum Gasteiger partial charge on any atom is 0.225 e. The molecular weight excluding hydrogens is 385 g/mol. The number of rotatable bonds is 5. The van der Waals surface area contributed by atoms with E-state index >= 15 is 0 Å². The van der Waals surface area contributed by atoms with E-state index in [4.69, 9.17) is 11.6 Å². The average Bonchev–Trinajstić information content (AvgIpc) is 2.64. The lowest BCUT2D eigenvalue weighted by Gasteiger charge is -2.21. The van der Waals surface area contributed by atoms with Crippen LogP contribution >= 0.6 is 23.4 Å². The SMILES string of the molecule is CC1CCc2nc(SCCC(=O)Nc3ccc(F)c(Cl)c3)c(C#N)cc2C1. The number of pyridine rings is 1. The van der Waals surface area contributed by atoms with Crippen molar-refractivity contribution in [2.75, 3.05) is 11.1 Å². The van der Waals surface area contributed by atoms with E-state index < -0.39 is 5.82 Å². The summed E-state index contributed by atoms with van der Waals surface area (Å²) in [5.41, 5.74) is 3.26. The van der Waals surface area contributed by atoms with Crippen LogP contribution in [0.25, 0.3) is 0 Å². The molecule has 1 N–H and O–H groups in total. The van der Waals surface area contributed by atoms with Gasteiger partial charge in [-0.3, -0.25) is 4.79 Å². The molecule has 4 nitrogen and oxygen atoms in total. The van der Waals surface area contributed by atoms with Crippen molar-refractivity contribution >= 4 is 35.0 Å². The van der Waals surface area contributed by atoms with Crippen molar-refractivity contribution in [3.05, 3.63) is 51.9 Å². The number of amides is 1. The summed E-state index contributed by atoms with van der Waals surface area (Å²) in [5.74, 6) is 0.392. The van der Waals surface area contributed by atoms with Crippen LogP contribution in [-0.4, -0.2) is 16.6 Å². The molecule has 1 aromatic heterocycles. The van der Waals surface area contributed by atoms with Gasteiger partial charge in [0.15, 0.2) is 0 Å². The highest BCUT2D eigenvalue weighted by atomic mass is 35.5. The topological polar surface area (TPSA) is 65.8 Å². The number of carbonyl (C=O) groups is 1. The Morgan fingerprint density at radius 1 is 1.48 bits per heavy atom. The Bertz CT molecular complexity index is 913. The minimum atomic E-state index is -0.526. The second-order valence-corrected chi connectivity index (χ2v) is 8.17. The molecule has 140 valence electrons. The fraction of sp³-hybridized carbons (Fsp3) is 0.350. The van der Waals surface area contributed by atoms with E-state index in [2.05, 4.69) is 23.3 Å². The number of halogens is 2. The molecule has 1 aliphatic rings. The van der Waals surface area contributed by atoms with Gasteiger partial charge in [0, 0.05) is 23.6 Å². The molecule has 1 aromatic carbocycles. The first-order valence-electron chi connectivity index (χ1n) is 8.77. The average molecular weight is 404 g/mol. The molecule has 1 unspecified atom stereocenters. The van der Waals surface area contributed by atoms with Crippen LogP contribution in [0.4, 0.5) is 10.1 Å². The molecule has 1 amide bonds. The lowest BCUT2D eigenvalue weighted by molar-refractivity contribution is -0.115. The highest BCUT2D eigenvalue weighted by Gasteiger charge is 2.19. The molecule has 1 heterocycles. The van der Waals surface area contributed by atoms with Crippen molar-refractivity contribution in [3.63, 3.8) is 0 Å². The Morgan fingerprint density at radius 3 is 3.04 bits per heavy atom. The number of thioether (sulfide) groups is 1. The molecule has 0 aliphatic heterocycles. The standard InChI is InChI=1S/C20H19ClFN3OS/c1-12-2-5-18-13(8-12)9-14(11-23)20(25-18)27-7-6-19(26)24-15-3-4-17(22)16(21)10-15/h3-4,9-10,12H,2,5-8H2,1H3,(H,24,26). The molecule has 0 bridgehead atoms. The zero-order chi connectivity index (χ0) is 19.4. The first kappa shape index (κ1) is 19.7. The summed E-state index contributed by atoms with van der Waals surface area (Å²) >= 11 is 7.12. The third-order valence-corrected chi connectivity index (χ3v) is 5.77. The van der Waals surface area contributed by atoms with Crippen molar-refractivity contribution in [3.8, 4) is 6.07 Å². The second-order valence-electron chi connectivity index (χ2n) is 6.68. The van der Waals surface area contributed by atoms with E-state index in [9.17, 15) is 14.4 Å². The number of aryl methyl sites for hydroxylation is 1. The number of aromatic nitrogens is 1. The quantitative estimate of drug-likeness (QED) is 0.714. The van der Waals surface area contributed by atoms with Crippen LogP contribution in [0.15, 0.2) is 29.3 Å². The monoisotopic (exact) mass is 403 g/mol. The van der Waals surface area contributed by atoms with E-state index in [-0.39, 0.29) is 17.4 Å². The summed E-state index contributed by atoms with van der Waals surface area (Å²) in [6.07, 6.45) is 3.26. The fourth-order valence-electron chi connectivity index (χ4n) is 3.06. The van der Waals surface area contributed by atoms with Gasteiger partial charge in [-0.2, -0.15) is 5.26 Å². The Morgan fingerprint density at radius 2 is 2.30 bits per heavy atom. The zero-order valence-electron chi connectivity index (χ0n) is 14.9. The molecule has 0 saturated heterocycles. The number of nitrogens with one attached hydrogen (secondary N) is 1. The predicted octanol–water partition coefficient (Wildman–Crippen LogP) is 4.99. The van der Waals surface area contributed by atoms with Crippen LogP contribution < -0.4 is 5.32 Å². The van der Waals surface area contributed by atoms with Crippen molar-refractivity contribution in [2.24, 2.45) is 5.92 Å². The molecular formula is C20H19ClFN3OS. The van der Waals surface area contributed by atoms with E-state index in [1.807, 2.05) is 6.07 Å². The highest BCUT2D eigenvalue weighted by Crippen LogP contribution is 2.29. The van der Waals surface area contributed by atoms with Gasteiger partial charge in [0.2, 0.25) is 5.91 Å². The van der Waals surface area contributed by atoms with Crippen LogP contribution in [0.3, 0.4) is 0 Å². The number of hydrogen-bond donors (Lipinski definition) is 1. The zero-order valence-corrected chi connectivity index (χ0v) is 16.5. The van der Waals surface area contributed by atoms with Gasteiger partial charge in [-0.25, -0.2) is 9.37 Å². The lowest BCUT2D eigenvalue weighted by atomic mass is 9.87. The summed E-state index contributed by atoms with van der Waals surface area (Å²) in [5, 5.41) is 12.8. The molecule has 0 saturated carbocycles. The van der Waals surface area contributed by atoms with Crippen molar-refractivity contribution in [1.82, 2.24) is 4.98 Å². The van der Waals surface area contributed by atoms with Gasteiger partial charge in [0.1, 0.15) is 16.9 Å². The summed E-state index contributed by atoms with van der Waals surface area (Å²) < 4.78 is 13.2. The van der Waals surface area contributed by atoms with Gasteiger partial charge >= 0.3 is 0 Å². The number of nitrogens with zero attached hydrogens (tertiary/aromatic N) is 2. The first-order valence-corrected chi connectivity index (χ1v) is 10.1. The number of anilines is 1. The number of carbonyl (C=O) groups excluding carboxylic acids is 1. The lowest BCUT2D eigenvalue weighted by Crippen LogP contribution is -2.14. The van der Waals surface area contributed by atoms with Crippen LogP contribution in [0, 0.1) is 23.1 Å². The molecule has 7 heteroatoms. The van der Waals surface area contributed by atoms with Crippen LogP contribution in [-0.2, 0) is 17.6 Å². The predicted molar refractivity (Wildman–Crippen MR) is 106 cm³/mol. The molecule has 1 atom stereocenters. The Balaban J connectivity index is 1.59. The summed E-state index contributed by atoms with van der Waals surface area (Å²) in [7, 11) is 0. The molecule has 0 spiro atoms.